The van der Waals surface area contributed by atoms with E-state index >= 15 is 0 Å². The molecule has 1 saturated carbocycles. The predicted octanol–water partition coefficient (Wildman–Crippen LogP) is 3.67. The fourth-order valence-electron chi connectivity index (χ4n) is 4.38. The monoisotopic (exact) mass is 506 g/mol. The lowest BCUT2D eigenvalue weighted by Gasteiger charge is -2.36. The Morgan fingerprint density at radius 3 is 2.73 bits per heavy atom. The molecule has 1 aliphatic rings. The van der Waals surface area contributed by atoms with Gasteiger partial charge in [0.05, 0.1) is 52.1 Å². The zero-order valence-electron chi connectivity index (χ0n) is 21.2. The zero-order chi connectivity index (χ0) is 26.7. The van der Waals surface area contributed by atoms with Gasteiger partial charge in [0, 0.05) is 25.1 Å². The summed E-state index contributed by atoms with van der Waals surface area (Å²) in [5.41, 5.74) is 1.62. The molecule has 1 amide bonds. The molecule has 1 aliphatic carbocycles. The normalized spacial score (nSPS) is 18.1. The summed E-state index contributed by atoms with van der Waals surface area (Å²) in [5, 5.41) is 29.3. The summed E-state index contributed by atoms with van der Waals surface area (Å²) in [6.45, 7) is 4.21. The van der Waals surface area contributed by atoms with Crippen LogP contribution in [0.1, 0.15) is 62.4 Å². The SMILES string of the molecule is CCC(=O)CC1CC(Nc2cc(-c3ccc4cc(C#N)cnn34)ncc2C(=O)NC[C@@H](F)C(C)(C)O)C1. The van der Waals surface area contributed by atoms with Crippen LogP contribution in [0.2, 0.25) is 0 Å². The lowest BCUT2D eigenvalue weighted by molar-refractivity contribution is -0.120. The van der Waals surface area contributed by atoms with E-state index in [1.165, 1.54) is 26.2 Å². The Morgan fingerprint density at radius 2 is 2.05 bits per heavy atom. The van der Waals surface area contributed by atoms with Crippen LogP contribution in [0.25, 0.3) is 16.9 Å². The molecule has 37 heavy (non-hydrogen) atoms. The molecule has 0 spiro atoms. The van der Waals surface area contributed by atoms with E-state index in [4.69, 9.17) is 5.26 Å². The van der Waals surface area contributed by atoms with Gasteiger partial charge in [0.2, 0.25) is 0 Å². The number of aliphatic hydroxyl groups is 1. The first-order valence-electron chi connectivity index (χ1n) is 12.4. The van der Waals surface area contributed by atoms with Crippen molar-refractivity contribution in [2.24, 2.45) is 5.92 Å². The van der Waals surface area contributed by atoms with E-state index < -0.39 is 17.7 Å². The van der Waals surface area contributed by atoms with E-state index in [-0.39, 0.29) is 23.9 Å². The largest absolute Gasteiger partial charge is 0.387 e. The fraction of sp³-hybridized carbons (Fsp3) is 0.444. The number of pyridine rings is 1. The molecule has 0 aromatic carbocycles. The first-order valence-corrected chi connectivity index (χ1v) is 12.4. The quantitative estimate of drug-likeness (QED) is 0.382. The molecule has 194 valence electrons. The van der Waals surface area contributed by atoms with Gasteiger partial charge < -0.3 is 15.7 Å². The maximum atomic E-state index is 14.2. The predicted molar refractivity (Wildman–Crippen MR) is 137 cm³/mol. The van der Waals surface area contributed by atoms with Crippen molar-refractivity contribution >= 4 is 22.9 Å². The van der Waals surface area contributed by atoms with Crippen LogP contribution in [0.3, 0.4) is 0 Å². The van der Waals surface area contributed by atoms with Gasteiger partial charge >= 0.3 is 0 Å². The van der Waals surface area contributed by atoms with Crippen molar-refractivity contribution in [2.45, 2.75) is 64.3 Å². The Balaban J connectivity index is 1.59. The van der Waals surface area contributed by atoms with Crippen LogP contribution in [0, 0.1) is 17.2 Å². The highest BCUT2D eigenvalue weighted by Crippen LogP contribution is 2.35. The summed E-state index contributed by atoms with van der Waals surface area (Å²) in [7, 11) is 0. The number of Topliss-reactive ketones (excluding diaryl/α,β-unsaturated/α-hetero) is 1. The van der Waals surface area contributed by atoms with Gasteiger partial charge in [0.25, 0.3) is 5.91 Å². The number of aromatic nitrogens is 3. The van der Waals surface area contributed by atoms with E-state index in [2.05, 4.69) is 26.8 Å². The number of fused-ring (bicyclic) bond motifs is 1. The third-order valence-electron chi connectivity index (χ3n) is 6.75. The minimum absolute atomic E-state index is 0.0853. The lowest BCUT2D eigenvalue weighted by atomic mass is 9.77. The van der Waals surface area contributed by atoms with Crippen molar-refractivity contribution in [3.05, 3.63) is 47.8 Å². The fourth-order valence-corrected chi connectivity index (χ4v) is 4.38. The van der Waals surface area contributed by atoms with Gasteiger partial charge in [-0.3, -0.25) is 14.6 Å². The molecule has 3 heterocycles. The van der Waals surface area contributed by atoms with E-state index in [1.807, 2.05) is 19.1 Å². The average Bonchev–Trinajstić information content (AvgIpc) is 3.28. The molecule has 10 heteroatoms. The molecule has 0 saturated heterocycles. The number of alkyl halides is 1. The molecule has 0 radical (unpaired) electrons. The third kappa shape index (κ3) is 5.94. The molecule has 1 fully saturated rings. The molecule has 0 aliphatic heterocycles. The van der Waals surface area contributed by atoms with Crippen LogP contribution in [0.4, 0.5) is 10.1 Å². The summed E-state index contributed by atoms with van der Waals surface area (Å²) < 4.78 is 15.9. The second kappa shape index (κ2) is 10.6. The van der Waals surface area contributed by atoms with Crippen LogP contribution in [-0.2, 0) is 4.79 Å². The molecule has 0 unspecified atom stereocenters. The number of nitrogens with zero attached hydrogens (tertiary/aromatic N) is 4. The summed E-state index contributed by atoms with van der Waals surface area (Å²) in [6.07, 6.45) is 3.97. The van der Waals surface area contributed by atoms with Crippen LogP contribution in [-0.4, -0.2) is 55.8 Å². The van der Waals surface area contributed by atoms with Crippen molar-refractivity contribution in [1.29, 1.82) is 5.26 Å². The first kappa shape index (κ1) is 26.2. The van der Waals surface area contributed by atoms with Crippen molar-refractivity contribution in [2.75, 3.05) is 11.9 Å². The van der Waals surface area contributed by atoms with Crippen LogP contribution >= 0.6 is 0 Å². The molecule has 3 aromatic rings. The van der Waals surface area contributed by atoms with E-state index in [9.17, 15) is 19.1 Å². The second-order valence-electron chi connectivity index (χ2n) is 10.1. The number of amides is 1. The number of nitrogens with one attached hydrogen (secondary N) is 2. The third-order valence-corrected chi connectivity index (χ3v) is 6.75. The lowest BCUT2D eigenvalue weighted by Crippen LogP contribution is -2.42. The van der Waals surface area contributed by atoms with Gasteiger partial charge in [-0.2, -0.15) is 10.4 Å². The number of anilines is 1. The molecule has 3 aromatic heterocycles. The van der Waals surface area contributed by atoms with Crippen molar-refractivity contribution in [3.8, 4) is 17.5 Å². The highest BCUT2D eigenvalue weighted by molar-refractivity contribution is 6.00. The molecule has 0 bridgehead atoms. The molecular weight excluding hydrogens is 475 g/mol. The Labute approximate surface area is 214 Å². The smallest absolute Gasteiger partial charge is 0.255 e. The number of carbonyl (C=O) groups excluding carboxylic acids is 2. The zero-order valence-corrected chi connectivity index (χ0v) is 21.2. The Morgan fingerprint density at radius 1 is 1.30 bits per heavy atom. The van der Waals surface area contributed by atoms with Gasteiger partial charge in [0.15, 0.2) is 0 Å². The van der Waals surface area contributed by atoms with Gasteiger partial charge in [-0.05, 0) is 56.9 Å². The van der Waals surface area contributed by atoms with Gasteiger partial charge in [-0.15, -0.1) is 0 Å². The summed E-state index contributed by atoms with van der Waals surface area (Å²) in [5.74, 6) is 0.0486. The minimum Gasteiger partial charge on any atom is -0.387 e. The Kier molecular flexibility index (Phi) is 7.55. The first-order chi connectivity index (χ1) is 17.6. The van der Waals surface area contributed by atoms with Gasteiger partial charge in [-0.25, -0.2) is 8.91 Å². The summed E-state index contributed by atoms with van der Waals surface area (Å²) in [6, 6.07) is 9.30. The Hall–Kier alpha value is -3.84. The Bertz CT molecular complexity index is 1350. The highest BCUT2D eigenvalue weighted by Gasteiger charge is 2.32. The molecule has 1 atom stereocenters. The maximum absolute atomic E-state index is 14.2. The minimum atomic E-state index is -1.64. The number of halogens is 1. The molecular formula is C27H31FN6O3. The number of hydrogen-bond donors (Lipinski definition) is 3. The summed E-state index contributed by atoms with van der Waals surface area (Å²) >= 11 is 0. The van der Waals surface area contributed by atoms with Crippen LogP contribution in [0.15, 0.2) is 36.7 Å². The molecule has 3 N–H and O–H groups in total. The molecule has 4 rings (SSSR count). The van der Waals surface area contributed by atoms with Crippen LogP contribution in [0.5, 0.6) is 0 Å². The second-order valence-corrected chi connectivity index (χ2v) is 10.1. The van der Waals surface area contributed by atoms with E-state index in [0.29, 0.717) is 41.4 Å². The average molecular weight is 507 g/mol. The van der Waals surface area contributed by atoms with Gasteiger partial charge in [0.1, 0.15) is 18.0 Å². The van der Waals surface area contributed by atoms with Crippen molar-refractivity contribution in [3.63, 3.8) is 0 Å². The van der Waals surface area contributed by atoms with Crippen molar-refractivity contribution < 1.29 is 19.1 Å². The van der Waals surface area contributed by atoms with E-state index in [1.54, 1.807) is 16.6 Å². The molecule has 9 nitrogen and oxygen atoms in total. The topological polar surface area (TPSA) is 132 Å². The number of ketones is 1. The number of carbonyl (C=O) groups is 2. The van der Waals surface area contributed by atoms with Crippen molar-refractivity contribution in [1.82, 2.24) is 19.9 Å². The number of hydrogen-bond acceptors (Lipinski definition) is 7. The standard InChI is InChI=1S/C27H31FN6O3/c1-4-20(35)10-16-7-18(8-16)33-22-11-23(24-6-5-19-9-17(12-29)13-32-34(19)24)30-14-21(22)26(36)31-15-25(28)27(2,3)37/h5-6,9,11,13-14,16,18,25,37H,4,7-8,10,15H2,1-3H3,(H,30,33)(H,31,36)/t16?,18?,25-/m1/s1. The highest BCUT2D eigenvalue weighted by atomic mass is 19.1. The number of nitriles is 1. The maximum Gasteiger partial charge on any atom is 0.255 e. The van der Waals surface area contributed by atoms with E-state index in [0.717, 1.165) is 18.4 Å². The summed E-state index contributed by atoms with van der Waals surface area (Å²) in [4.78, 5) is 29.2. The van der Waals surface area contributed by atoms with Gasteiger partial charge in [-0.1, -0.05) is 6.92 Å². The number of rotatable bonds is 10. The van der Waals surface area contributed by atoms with Crippen LogP contribution < -0.4 is 10.6 Å².